The average Bonchev–Trinajstić information content (AvgIpc) is 2.77. The minimum absolute atomic E-state index is 0.259. The zero-order chi connectivity index (χ0) is 20.8. The Morgan fingerprint density at radius 2 is 2.07 bits per heavy atom. The second-order valence-electron chi connectivity index (χ2n) is 6.26. The van der Waals surface area contributed by atoms with Gasteiger partial charge in [0.05, 0.1) is 5.56 Å². The van der Waals surface area contributed by atoms with E-state index in [-0.39, 0.29) is 11.5 Å². The molecule has 1 amide bonds. The minimum Gasteiger partial charge on any atom is -0.488 e. The number of nitriles is 1. The van der Waals surface area contributed by atoms with Crippen molar-refractivity contribution in [3.05, 3.63) is 72.2 Å². The molecule has 148 valence electrons. The Balaban J connectivity index is 1.71. The lowest BCUT2D eigenvalue weighted by atomic mass is 10.2. The van der Waals surface area contributed by atoms with E-state index in [4.69, 9.17) is 4.74 Å². The summed E-state index contributed by atoms with van der Waals surface area (Å²) >= 11 is 0. The van der Waals surface area contributed by atoms with E-state index in [0.717, 1.165) is 0 Å². The number of anilines is 4. The predicted molar refractivity (Wildman–Crippen MR) is 112 cm³/mol. The largest absolute Gasteiger partial charge is 0.488 e. The van der Waals surface area contributed by atoms with Gasteiger partial charge in [-0.05, 0) is 30.3 Å². The molecule has 3 aromatic rings. The zero-order valence-electron chi connectivity index (χ0n) is 15.8. The number of carbonyl (C=O) groups excluding carboxylic acids is 1. The second kappa shape index (κ2) is 8.70. The molecule has 3 heterocycles. The summed E-state index contributed by atoms with van der Waals surface area (Å²) in [5.74, 6) is 0.760. The molecule has 0 fully saturated rings. The van der Waals surface area contributed by atoms with Crippen LogP contribution in [0, 0.1) is 11.3 Å². The molecule has 9 heteroatoms. The number of nitrogens with one attached hydrogen (secondary N) is 3. The number of hydrogen-bond acceptors (Lipinski definition) is 8. The zero-order valence-corrected chi connectivity index (χ0v) is 15.8. The number of aromatic nitrogens is 3. The summed E-state index contributed by atoms with van der Waals surface area (Å²) in [5, 5.41) is 18.3. The van der Waals surface area contributed by atoms with Crippen molar-refractivity contribution in [3.8, 4) is 11.8 Å². The normalized spacial score (nSPS) is 13.6. The molecule has 0 saturated heterocycles. The van der Waals surface area contributed by atoms with Crippen LogP contribution < -0.4 is 20.7 Å². The molecule has 30 heavy (non-hydrogen) atoms. The van der Waals surface area contributed by atoms with Gasteiger partial charge >= 0.3 is 0 Å². The summed E-state index contributed by atoms with van der Waals surface area (Å²) < 4.78 is 5.70. The van der Waals surface area contributed by atoms with E-state index in [1.165, 1.54) is 6.20 Å². The number of amides is 1. The fraction of sp³-hybridized carbons (Fsp3) is 0.0952. The predicted octanol–water partition coefficient (Wildman–Crippen LogP) is 3.10. The van der Waals surface area contributed by atoms with Crippen molar-refractivity contribution in [2.45, 2.75) is 0 Å². The topological polar surface area (TPSA) is 125 Å². The Hall–Kier alpha value is -4.45. The van der Waals surface area contributed by atoms with Gasteiger partial charge in [0.25, 0.3) is 5.91 Å². The van der Waals surface area contributed by atoms with Crippen LogP contribution in [-0.2, 0) is 0 Å². The maximum Gasteiger partial charge on any atom is 0.261 e. The molecule has 1 aliphatic rings. The van der Waals surface area contributed by atoms with Gasteiger partial charge in [-0.25, -0.2) is 4.98 Å². The number of hydrogen-bond donors (Lipinski definition) is 3. The summed E-state index contributed by atoms with van der Waals surface area (Å²) in [7, 11) is 0. The summed E-state index contributed by atoms with van der Waals surface area (Å²) in [6, 6.07) is 10.6. The lowest BCUT2D eigenvalue weighted by Crippen LogP contribution is -2.16. The first-order valence-corrected chi connectivity index (χ1v) is 9.14. The lowest BCUT2D eigenvalue weighted by molar-refractivity contribution is 0.102. The van der Waals surface area contributed by atoms with Crippen molar-refractivity contribution >= 4 is 29.0 Å². The van der Waals surface area contributed by atoms with E-state index in [9.17, 15) is 10.1 Å². The number of rotatable bonds is 2. The van der Waals surface area contributed by atoms with Crippen LogP contribution in [0.3, 0.4) is 0 Å². The van der Waals surface area contributed by atoms with Gasteiger partial charge in [-0.15, -0.1) is 0 Å². The number of pyridine rings is 1. The van der Waals surface area contributed by atoms with E-state index < -0.39 is 0 Å². The standard InChI is InChI=1S/C21H17N7O2/c22-12-14-3-4-16-11-18(14)30-10-2-1-7-24-21-25-13-17(19(26-16)28-21)20(29)27-15-5-8-23-9-6-15/h1-6,8-9,11,13H,7,10H2,(H,23,27,29)(H2,24,25,26,28)/b2-1-. The molecule has 1 aromatic carbocycles. The highest BCUT2D eigenvalue weighted by Gasteiger charge is 2.16. The highest BCUT2D eigenvalue weighted by Crippen LogP contribution is 2.27. The van der Waals surface area contributed by atoms with Crippen LogP contribution in [-0.4, -0.2) is 34.0 Å². The SMILES string of the molecule is N#Cc1ccc2cc1OC/C=C\CNc1ncc(C(=O)Nc3ccncc3)c(n1)N2. The molecule has 4 rings (SSSR count). The molecular formula is C21H17N7O2. The third-order valence-electron chi connectivity index (χ3n) is 4.22. The molecule has 3 N–H and O–H groups in total. The average molecular weight is 399 g/mol. The first kappa shape index (κ1) is 18.9. The molecule has 4 bridgehead atoms. The fourth-order valence-electron chi connectivity index (χ4n) is 2.75. The van der Waals surface area contributed by atoms with Gasteiger partial charge in [0, 0.05) is 42.6 Å². The Bertz CT molecular complexity index is 1140. The van der Waals surface area contributed by atoms with Crippen molar-refractivity contribution in [2.24, 2.45) is 0 Å². The summed E-state index contributed by atoms with van der Waals surface area (Å²) in [6.07, 6.45) is 8.34. The van der Waals surface area contributed by atoms with Crippen LogP contribution in [0.1, 0.15) is 15.9 Å². The highest BCUT2D eigenvalue weighted by atomic mass is 16.5. The summed E-state index contributed by atoms with van der Waals surface area (Å²) in [4.78, 5) is 25.5. The van der Waals surface area contributed by atoms with Crippen LogP contribution in [0.4, 0.5) is 23.1 Å². The third-order valence-corrected chi connectivity index (χ3v) is 4.22. The van der Waals surface area contributed by atoms with Gasteiger partial charge in [-0.2, -0.15) is 10.2 Å². The monoisotopic (exact) mass is 399 g/mol. The Morgan fingerprint density at radius 1 is 1.20 bits per heavy atom. The van der Waals surface area contributed by atoms with Crippen molar-refractivity contribution in [1.82, 2.24) is 15.0 Å². The number of ether oxygens (including phenoxy) is 1. The third kappa shape index (κ3) is 4.34. The molecule has 0 atom stereocenters. The maximum atomic E-state index is 12.8. The molecule has 0 radical (unpaired) electrons. The van der Waals surface area contributed by atoms with Gasteiger partial charge in [-0.1, -0.05) is 6.08 Å². The van der Waals surface area contributed by atoms with Gasteiger partial charge in [-0.3, -0.25) is 9.78 Å². The highest BCUT2D eigenvalue weighted by molar-refractivity contribution is 6.07. The molecule has 2 aromatic heterocycles. The van der Waals surface area contributed by atoms with Crippen molar-refractivity contribution < 1.29 is 9.53 Å². The van der Waals surface area contributed by atoms with E-state index in [2.05, 4.69) is 37.0 Å². The maximum absolute atomic E-state index is 12.8. The lowest BCUT2D eigenvalue weighted by Gasteiger charge is -2.14. The van der Waals surface area contributed by atoms with Crippen LogP contribution in [0.5, 0.6) is 5.75 Å². The van der Waals surface area contributed by atoms with E-state index in [1.807, 2.05) is 12.2 Å². The van der Waals surface area contributed by atoms with E-state index >= 15 is 0 Å². The van der Waals surface area contributed by atoms with Gasteiger partial charge in [0.1, 0.15) is 29.8 Å². The number of carbonyl (C=O) groups is 1. The number of fused-ring (bicyclic) bond motifs is 4. The number of nitrogens with zero attached hydrogens (tertiary/aromatic N) is 4. The van der Waals surface area contributed by atoms with Crippen LogP contribution >= 0.6 is 0 Å². The molecule has 0 unspecified atom stereocenters. The Labute approximate surface area is 172 Å². The molecule has 1 aliphatic heterocycles. The smallest absolute Gasteiger partial charge is 0.261 e. The molecule has 0 saturated carbocycles. The van der Waals surface area contributed by atoms with Gasteiger partial charge in [0.2, 0.25) is 5.95 Å². The van der Waals surface area contributed by atoms with Crippen LogP contribution in [0.2, 0.25) is 0 Å². The molecule has 0 spiro atoms. The van der Waals surface area contributed by atoms with E-state index in [0.29, 0.717) is 47.6 Å². The Morgan fingerprint density at radius 3 is 2.90 bits per heavy atom. The fourth-order valence-corrected chi connectivity index (χ4v) is 2.75. The molecule has 0 aliphatic carbocycles. The van der Waals surface area contributed by atoms with Crippen molar-refractivity contribution in [2.75, 3.05) is 29.1 Å². The Kier molecular flexibility index (Phi) is 5.48. The second-order valence-corrected chi connectivity index (χ2v) is 6.26. The minimum atomic E-state index is -0.371. The quantitative estimate of drug-likeness (QED) is 0.562. The van der Waals surface area contributed by atoms with Crippen molar-refractivity contribution in [3.63, 3.8) is 0 Å². The van der Waals surface area contributed by atoms with Gasteiger partial charge in [0.15, 0.2) is 0 Å². The van der Waals surface area contributed by atoms with Crippen LogP contribution in [0.25, 0.3) is 0 Å². The van der Waals surface area contributed by atoms with Crippen molar-refractivity contribution in [1.29, 1.82) is 5.26 Å². The van der Waals surface area contributed by atoms with Crippen LogP contribution in [0.15, 0.2) is 61.1 Å². The first-order valence-electron chi connectivity index (χ1n) is 9.14. The molecule has 9 nitrogen and oxygen atoms in total. The van der Waals surface area contributed by atoms with Gasteiger partial charge < -0.3 is 20.7 Å². The summed E-state index contributed by atoms with van der Waals surface area (Å²) in [6.45, 7) is 0.798. The first-order chi connectivity index (χ1) is 14.7. The van der Waals surface area contributed by atoms with E-state index in [1.54, 1.807) is 42.7 Å². The molecular weight excluding hydrogens is 382 g/mol. The summed E-state index contributed by atoms with van der Waals surface area (Å²) in [5.41, 5.74) is 1.90. The number of benzene rings is 1.